The predicted octanol–water partition coefficient (Wildman–Crippen LogP) is 3.00. The van der Waals surface area contributed by atoms with E-state index >= 15 is 0 Å². The molecule has 1 aliphatic carbocycles. The number of piperidine rings is 1. The van der Waals surface area contributed by atoms with Crippen LogP contribution in [0.25, 0.3) is 10.9 Å². The average molecular weight is 310 g/mol. The van der Waals surface area contributed by atoms with Crippen molar-refractivity contribution in [2.24, 2.45) is 5.41 Å². The quantitative estimate of drug-likeness (QED) is 0.881. The standard InChI is InChI=1S/C19H22N2O2/c1-18(23)6-7-19(18)8-11-21(12-9-19)17(22)15-4-5-16-14(13-15)3-2-10-20-16/h2-5,10,13,23H,6-9,11-12H2,1H3. The van der Waals surface area contributed by atoms with Crippen LogP contribution in [0.4, 0.5) is 0 Å². The number of hydrogen-bond acceptors (Lipinski definition) is 3. The molecule has 1 aromatic heterocycles. The van der Waals surface area contributed by atoms with Crippen LogP contribution in [-0.4, -0.2) is 39.6 Å². The number of pyridine rings is 1. The highest BCUT2D eigenvalue weighted by molar-refractivity contribution is 5.98. The molecule has 2 aliphatic rings. The second-order valence-corrected chi connectivity index (χ2v) is 7.26. The zero-order chi connectivity index (χ0) is 16.1. The molecule has 4 rings (SSSR count). The lowest BCUT2D eigenvalue weighted by molar-refractivity contribution is -0.174. The lowest BCUT2D eigenvalue weighted by Gasteiger charge is -2.58. The maximum absolute atomic E-state index is 12.8. The molecule has 1 aromatic carbocycles. The highest BCUT2D eigenvalue weighted by Gasteiger charge is 2.55. The summed E-state index contributed by atoms with van der Waals surface area (Å²) in [6, 6.07) is 9.57. The van der Waals surface area contributed by atoms with Gasteiger partial charge in [-0.05, 0) is 56.9 Å². The maximum Gasteiger partial charge on any atom is 0.253 e. The third kappa shape index (κ3) is 2.24. The smallest absolute Gasteiger partial charge is 0.253 e. The van der Waals surface area contributed by atoms with Gasteiger partial charge in [-0.25, -0.2) is 0 Å². The van der Waals surface area contributed by atoms with Crippen molar-refractivity contribution in [3.8, 4) is 0 Å². The van der Waals surface area contributed by atoms with E-state index in [2.05, 4.69) is 4.98 Å². The average Bonchev–Trinajstić information content (AvgIpc) is 2.60. The first-order chi connectivity index (χ1) is 11.0. The van der Waals surface area contributed by atoms with Crippen molar-refractivity contribution in [1.29, 1.82) is 0 Å². The number of carbonyl (C=O) groups is 1. The van der Waals surface area contributed by atoms with Gasteiger partial charge in [-0.3, -0.25) is 9.78 Å². The number of benzene rings is 1. The summed E-state index contributed by atoms with van der Waals surface area (Å²) in [6.07, 6.45) is 5.54. The van der Waals surface area contributed by atoms with Crippen LogP contribution in [0.1, 0.15) is 43.0 Å². The lowest BCUT2D eigenvalue weighted by Crippen LogP contribution is -2.60. The molecular weight excluding hydrogens is 288 g/mol. The topological polar surface area (TPSA) is 53.4 Å². The molecule has 2 heterocycles. The van der Waals surface area contributed by atoms with E-state index < -0.39 is 5.60 Å². The van der Waals surface area contributed by atoms with Crippen molar-refractivity contribution < 1.29 is 9.90 Å². The predicted molar refractivity (Wildman–Crippen MR) is 89.2 cm³/mol. The van der Waals surface area contributed by atoms with Crippen molar-refractivity contribution >= 4 is 16.8 Å². The molecule has 1 unspecified atom stereocenters. The Morgan fingerprint density at radius 3 is 2.61 bits per heavy atom. The fourth-order valence-electron chi connectivity index (χ4n) is 4.16. The number of aliphatic hydroxyl groups is 1. The van der Waals surface area contributed by atoms with E-state index in [0.29, 0.717) is 0 Å². The number of rotatable bonds is 1. The Hall–Kier alpha value is -1.94. The van der Waals surface area contributed by atoms with Crippen molar-refractivity contribution in [2.45, 2.75) is 38.2 Å². The lowest BCUT2D eigenvalue weighted by atomic mass is 9.53. The van der Waals surface area contributed by atoms with Gasteiger partial charge in [0.25, 0.3) is 5.91 Å². The van der Waals surface area contributed by atoms with E-state index in [4.69, 9.17) is 0 Å². The fraction of sp³-hybridized carbons (Fsp3) is 0.474. The minimum atomic E-state index is -0.545. The van der Waals surface area contributed by atoms with Crippen molar-refractivity contribution in [1.82, 2.24) is 9.88 Å². The molecule has 2 aromatic rings. The van der Waals surface area contributed by atoms with Crippen LogP contribution in [0.15, 0.2) is 36.5 Å². The molecule has 0 bridgehead atoms. The van der Waals surface area contributed by atoms with Gasteiger partial charge < -0.3 is 10.0 Å². The van der Waals surface area contributed by atoms with Crippen LogP contribution in [-0.2, 0) is 0 Å². The maximum atomic E-state index is 12.8. The molecule has 1 amide bonds. The second kappa shape index (κ2) is 5.03. The SMILES string of the molecule is CC1(O)CCC12CCN(C(=O)c1ccc3ncccc3c1)CC2. The molecule has 120 valence electrons. The van der Waals surface area contributed by atoms with Crippen molar-refractivity contribution in [3.05, 3.63) is 42.1 Å². The Morgan fingerprint density at radius 1 is 1.17 bits per heavy atom. The van der Waals surface area contributed by atoms with Crippen molar-refractivity contribution in [2.75, 3.05) is 13.1 Å². The summed E-state index contributed by atoms with van der Waals surface area (Å²) in [4.78, 5) is 19.0. The zero-order valence-corrected chi connectivity index (χ0v) is 13.5. The number of carbonyl (C=O) groups excluding carboxylic acids is 1. The molecular formula is C19H22N2O2. The highest BCUT2D eigenvalue weighted by atomic mass is 16.3. The van der Waals surface area contributed by atoms with Gasteiger partial charge in [-0.2, -0.15) is 0 Å². The largest absolute Gasteiger partial charge is 0.390 e. The third-order valence-corrected chi connectivity index (χ3v) is 6.09. The molecule has 1 saturated heterocycles. The Morgan fingerprint density at radius 2 is 1.96 bits per heavy atom. The van der Waals surface area contributed by atoms with E-state index in [0.717, 1.165) is 55.2 Å². The number of likely N-dealkylation sites (tertiary alicyclic amines) is 1. The van der Waals surface area contributed by atoms with Crippen LogP contribution in [0.2, 0.25) is 0 Å². The van der Waals surface area contributed by atoms with Crippen molar-refractivity contribution in [3.63, 3.8) is 0 Å². The molecule has 23 heavy (non-hydrogen) atoms. The van der Waals surface area contributed by atoms with Crippen LogP contribution in [0.3, 0.4) is 0 Å². The molecule has 1 atom stereocenters. The summed E-state index contributed by atoms with van der Waals surface area (Å²) >= 11 is 0. The first-order valence-electron chi connectivity index (χ1n) is 8.37. The third-order valence-electron chi connectivity index (χ3n) is 6.09. The second-order valence-electron chi connectivity index (χ2n) is 7.26. The van der Waals surface area contributed by atoms with Gasteiger partial charge in [0, 0.05) is 35.7 Å². The number of aromatic nitrogens is 1. The van der Waals surface area contributed by atoms with Gasteiger partial charge in [0.05, 0.1) is 11.1 Å². The fourth-order valence-corrected chi connectivity index (χ4v) is 4.16. The number of hydrogen-bond donors (Lipinski definition) is 1. The normalized spacial score (nSPS) is 26.3. The molecule has 0 radical (unpaired) electrons. The highest BCUT2D eigenvalue weighted by Crippen LogP contribution is 2.56. The van der Waals surface area contributed by atoms with Gasteiger partial charge >= 0.3 is 0 Å². The van der Waals surface area contributed by atoms with Crippen LogP contribution in [0, 0.1) is 5.41 Å². The minimum Gasteiger partial charge on any atom is -0.390 e. The molecule has 1 saturated carbocycles. The van der Waals surface area contributed by atoms with Gasteiger partial charge in [-0.15, -0.1) is 0 Å². The van der Waals surface area contributed by atoms with E-state index in [1.54, 1.807) is 6.20 Å². The summed E-state index contributed by atoms with van der Waals surface area (Å²) in [7, 11) is 0. The molecule has 1 N–H and O–H groups in total. The Balaban J connectivity index is 1.51. The Bertz CT molecular complexity index is 761. The first-order valence-corrected chi connectivity index (χ1v) is 8.37. The van der Waals surface area contributed by atoms with E-state index in [9.17, 15) is 9.90 Å². The van der Waals surface area contributed by atoms with E-state index in [1.807, 2.05) is 42.2 Å². The number of amides is 1. The summed E-state index contributed by atoms with van der Waals surface area (Å²) in [5.41, 5.74) is 1.13. The van der Waals surface area contributed by atoms with Gasteiger partial charge in [0.2, 0.25) is 0 Å². The van der Waals surface area contributed by atoms with Crippen LogP contribution < -0.4 is 0 Å². The molecule has 2 fully saturated rings. The Labute approximate surface area is 136 Å². The molecule has 4 heteroatoms. The number of fused-ring (bicyclic) bond motifs is 1. The minimum absolute atomic E-state index is 0.0388. The van der Waals surface area contributed by atoms with Crippen LogP contribution in [0.5, 0.6) is 0 Å². The summed E-state index contributed by atoms with van der Waals surface area (Å²) in [6.45, 7) is 3.42. The first kappa shape index (κ1) is 14.6. The summed E-state index contributed by atoms with van der Waals surface area (Å²) in [5, 5.41) is 11.4. The van der Waals surface area contributed by atoms with E-state index in [-0.39, 0.29) is 11.3 Å². The molecule has 1 aliphatic heterocycles. The van der Waals surface area contributed by atoms with Gasteiger partial charge in [-0.1, -0.05) is 6.07 Å². The molecule has 1 spiro atoms. The summed E-state index contributed by atoms with van der Waals surface area (Å²) in [5.74, 6) is 0.0876. The van der Waals surface area contributed by atoms with Gasteiger partial charge in [0.15, 0.2) is 0 Å². The molecule has 4 nitrogen and oxygen atoms in total. The van der Waals surface area contributed by atoms with Crippen LogP contribution >= 0.6 is 0 Å². The monoisotopic (exact) mass is 310 g/mol. The zero-order valence-electron chi connectivity index (χ0n) is 13.5. The van der Waals surface area contributed by atoms with E-state index in [1.165, 1.54) is 0 Å². The number of nitrogens with zero attached hydrogens (tertiary/aromatic N) is 2. The van der Waals surface area contributed by atoms with Gasteiger partial charge in [0.1, 0.15) is 0 Å². The summed E-state index contributed by atoms with van der Waals surface area (Å²) < 4.78 is 0. The Kier molecular flexibility index (Phi) is 3.20.